The molecule has 2 saturated heterocycles. The first-order chi connectivity index (χ1) is 20.9. The second-order valence-corrected chi connectivity index (χ2v) is 13.2. The number of amides is 1. The maximum atomic E-state index is 12.0. The minimum Gasteiger partial charge on any atom is -0.394 e. The van der Waals surface area contributed by atoms with E-state index < -0.39 is 69.2 Å². The van der Waals surface area contributed by atoms with Gasteiger partial charge in [0.2, 0.25) is 5.91 Å². The summed E-state index contributed by atoms with van der Waals surface area (Å²) in [6, 6.07) is -1.57. The Morgan fingerprint density at radius 2 is 1.73 bits per heavy atom. The number of hydrogen-bond acceptors (Lipinski definition) is 12. The van der Waals surface area contributed by atoms with Crippen molar-refractivity contribution in [3.05, 3.63) is 0 Å². The molecule has 0 aromatic heterocycles. The molecule has 2 aliphatic heterocycles. The molecule has 0 bridgehead atoms. The normalized spacial score (nSPS) is 31.8. The lowest BCUT2D eigenvalue weighted by molar-refractivity contribution is -0.270. The van der Waals surface area contributed by atoms with Crippen molar-refractivity contribution >= 4 is 38.8 Å². The fourth-order valence-electron chi connectivity index (χ4n) is 5.36. The molecule has 14 nitrogen and oxygen atoms in total. The highest BCUT2D eigenvalue weighted by atomic mass is 32.1. The van der Waals surface area contributed by atoms with Gasteiger partial charge in [-0.25, -0.2) is 4.57 Å². The van der Waals surface area contributed by atoms with Crippen LogP contribution in [-0.4, -0.2) is 128 Å². The molecular weight excluding hydrogens is 618 g/mol. The highest BCUT2D eigenvalue weighted by molar-refractivity contribution is 7.80. The Morgan fingerprint density at radius 1 is 1.02 bits per heavy atom. The molecule has 254 valence electrons. The fourth-order valence-corrected chi connectivity index (χ4v) is 6.30. The van der Waals surface area contributed by atoms with Crippen LogP contribution in [0.4, 0.5) is 0 Å². The third kappa shape index (κ3) is 13.2. The summed E-state index contributed by atoms with van der Waals surface area (Å²) in [5.74, 6) is -0.651. The van der Waals surface area contributed by atoms with Gasteiger partial charge in [-0.1, -0.05) is 37.9 Å². The van der Waals surface area contributed by atoms with Crippen LogP contribution in [0.5, 0.6) is 0 Å². The van der Waals surface area contributed by atoms with Crippen LogP contribution in [0, 0.1) is 5.92 Å². The number of nitrogens with one attached hydrogen (secondary N) is 2. The van der Waals surface area contributed by atoms with Gasteiger partial charge in [-0.3, -0.25) is 13.8 Å². The largest absolute Gasteiger partial charge is 0.472 e. The molecule has 2 heterocycles. The average Bonchev–Trinajstić information content (AvgIpc) is 3.25. The lowest BCUT2D eigenvalue weighted by Gasteiger charge is -2.42. The van der Waals surface area contributed by atoms with Crippen molar-refractivity contribution in [3.8, 4) is 0 Å². The highest BCUT2D eigenvalue weighted by Gasteiger charge is 2.46. The SMILES string of the molecule is [B][C@@H]1O[C@H](COC)C(OP(=O)(O)OC)[C@@H]1CCCCCCCNC(=S)CCCCO[C@@H]1O[C@H](CO)[C@H](O)[C@H](O)[C@H]1NC(C)=O. The van der Waals surface area contributed by atoms with Crippen LogP contribution in [-0.2, 0) is 37.4 Å². The van der Waals surface area contributed by atoms with E-state index in [9.17, 15) is 29.6 Å². The average molecular weight is 669 g/mol. The molecule has 2 unspecified atom stereocenters. The molecule has 17 heteroatoms. The molecule has 0 aromatic carbocycles. The van der Waals surface area contributed by atoms with Crippen molar-refractivity contribution in [1.29, 1.82) is 0 Å². The van der Waals surface area contributed by atoms with Crippen molar-refractivity contribution in [3.63, 3.8) is 0 Å². The van der Waals surface area contributed by atoms with E-state index in [-0.39, 0.29) is 19.1 Å². The van der Waals surface area contributed by atoms with Gasteiger partial charge < -0.3 is 49.8 Å². The summed E-state index contributed by atoms with van der Waals surface area (Å²) in [6.45, 7) is 2.05. The predicted molar refractivity (Wildman–Crippen MR) is 165 cm³/mol. The van der Waals surface area contributed by atoms with Crippen LogP contribution in [0.1, 0.15) is 64.7 Å². The summed E-state index contributed by atoms with van der Waals surface area (Å²) in [4.78, 5) is 22.1. The zero-order valence-electron chi connectivity index (χ0n) is 25.9. The highest BCUT2D eigenvalue weighted by Crippen LogP contribution is 2.48. The van der Waals surface area contributed by atoms with Gasteiger partial charge >= 0.3 is 7.82 Å². The quantitative estimate of drug-likeness (QED) is 0.0432. The van der Waals surface area contributed by atoms with Crippen molar-refractivity contribution in [2.75, 3.05) is 40.6 Å². The molecule has 44 heavy (non-hydrogen) atoms. The molecular formula is C27H50BN2O12PS. The molecule has 0 spiro atoms. The molecule has 10 atom stereocenters. The molecule has 2 rings (SSSR count). The Labute approximate surface area is 266 Å². The Hall–Kier alpha value is -0.745. The van der Waals surface area contributed by atoms with Crippen molar-refractivity contribution < 1.29 is 57.6 Å². The number of aliphatic hydroxyl groups is 3. The van der Waals surface area contributed by atoms with E-state index in [1.807, 2.05) is 0 Å². The summed E-state index contributed by atoms with van der Waals surface area (Å²) in [5, 5.41) is 35.6. The van der Waals surface area contributed by atoms with Crippen molar-refractivity contribution in [2.24, 2.45) is 5.92 Å². The topological polar surface area (TPSA) is 194 Å². The van der Waals surface area contributed by atoms with E-state index in [1.54, 1.807) is 0 Å². The third-order valence-electron chi connectivity index (χ3n) is 7.73. The monoisotopic (exact) mass is 668 g/mol. The Kier molecular flexibility index (Phi) is 18.4. The summed E-state index contributed by atoms with van der Waals surface area (Å²) in [5.41, 5.74) is 0. The minimum absolute atomic E-state index is 0.194. The number of ether oxygens (including phenoxy) is 4. The minimum atomic E-state index is -4.20. The Balaban J connectivity index is 1.57. The number of thiocarbonyl (C=S) groups is 1. The molecule has 0 saturated carbocycles. The number of phosphoric ester groups is 1. The standard InChI is InChI=1S/C27H50BN2O12PS/c1-17(32)30-22-24(34)23(33)19(15-31)41-27(22)39-14-10-8-12-21(44)29-13-9-6-4-5-7-11-18-25(42-43(35,36)38-3)20(16-37-2)40-26(18)28/h18-20,22-27,31,33-34H,4-16H2,1-3H3,(H,29,44)(H,30,32)(H,35,36)/t18-,19+,20+,22+,23-,24+,25?,26+,27+/m0/s1. The van der Waals surface area contributed by atoms with Crippen molar-refractivity contribution in [2.45, 2.75) is 114 Å². The number of rotatable bonds is 21. The number of phosphoric acid groups is 1. The zero-order valence-corrected chi connectivity index (χ0v) is 27.6. The smallest absolute Gasteiger partial charge is 0.394 e. The number of aliphatic hydroxyl groups excluding tert-OH is 3. The van der Waals surface area contributed by atoms with E-state index in [1.165, 1.54) is 14.0 Å². The lowest BCUT2D eigenvalue weighted by Crippen LogP contribution is -2.64. The zero-order chi connectivity index (χ0) is 32.7. The van der Waals surface area contributed by atoms with E-state index in [0.717, 1.165) is 57.2 Å². The van der Waals surface area contributed by atoms with Crippen LogP contribution in [0.2, 0.25) is 0 Å². The molecule has 2 fully saturated rings. The van der Waals surface area contributed by atoms with Crippen LogP contribution in [0.3, 0.4) is 0 Å². The van der Waals surface area contributed by atoms with Gasteiger partial charge in [0.25, 0.3) is 0 Å². The summed E-state index contributed by atoms with van der Waals surface area (Å²) in [6.07, 6.45) is 1.69. The number of carbonyl (C=O) groups excluding carboxylic acids is 1. The van der Waals surface area contributed by atoms with Crippen LogP contribution in [0.25, 0.3) is 0 Å². The van der Waals surface area contributed by atoms with E-state index in [2.05, 4.69) is 15.2 Å². The number of methoxy groups -OCH3 is 1. The molecule has 6 N–H and O–H groups in total. The number of hydrogen-bond donors (Lipinski definition) is 6. The second kappa shape index (κ2) is 20.5. The molecule has 2 aliphatic rings. The van der Waals surface area contributed by atoms with Gasteiger partial charge in [-0.05, 0) is 32.1 Å². The first-order valence-corrected chi connectivity index (χ1v) is 17.1. The number of carbonyl (C=O) groups is 1. The van der Waals surface area contributed by atoms with Crippen LogP contribution < -0.4 is 10.6 Å². The van der Waals surface area contributed by atoms with Crippen LogP contribution in [0.15, 0.2) is 0 Å². The third-order valence-corrected chi connectivity index (χ3v) is 9.05. The predicted octanol–water partition coefficient (Wildman–Crippen LogP) is 0.663. The Morgan fingerprint density at radius 3 is 2.39 bits per heavy atom. The summed E-state index contributed by atoms with van der Waals surface area (Å²) < 4.78 is 44.1. The lowest BCUT2D eigenvalue weighted by atomic mass is 9.81. The van der Waals surface area contributed by atoms with Gasteiger partial charge in [-0.2, -0.15) is 0 Å². The number of unbranched alkanes of at least 4 members (excludes halogenated alkanes) is 5. The molecule has 0 aromatic rings. The van der Waals surface area contributed by atoms with Crippen LogP contribution >= 0.6 is 20.0 Å². The molecule has 0 aliphatic carbocycles. The molecule has 1 amide bonds. The van der Waals surface area contributed by atoms with Gasteiger partial charge in [0.15, 0.2) is 6.29 Å². The van der Waals surface area contributed by atoms with Crippen molar-refractivity contribution in [1.82, 2.24) is 10.6 Å². The first-order valence-electron chi connectivity index (χ1n) is 15.2. The van der Waals surface area contributed by atoms with Gasteiger partial charge in [0.05, 0.1) is 18.2 Å². The Bertz CT molecular complexity index is 911. The molecule has 2 radical (unpaired) electrons. The summed E-state index contributed by atoms with van der Waals surface area (Å²) in [7, 11) is 4.57. The van der Waals surface area contributed by atoms with Gasteiger partial charge in [0.1, 0.15) is 44.4 Å². The second-order valence-electron chi connectivity index (χ2n) is 11.1. The maximum Gasteiger partial charge on any atom is 0.472 e. The maximum absolute atomic E-state index is 12.0. The van der Waals surface area contributed by atoms with E-state index in [4.69, 9.17) is 43.5 Å². The van der Waals surface area contributed by atoms with E-state index >= 15 is 0 Å². The van der Waals surface area contributed by atoms with E-state index in [0.29, 0.717) is 19.3 Å². The first kappa shape index (κ1) is 39.4. The van der Waals surface area contributed by atoms with Gasteiger partial charge in [-0.15, -0.1) is 0 Å². The van der Waals surface area contributed by atoms with Gasteiger partial charge in [0, 0.05) is 46.2 Å². The fraction of sp³-hybridized carbons (Fsp3) is 0.926. The summed E-state index contributed by atoms with van der Waals surface area (Å²) >= 11 is 5.43.